The third kappa shape index (κ3) is 6.94. The molecule has 1 fully saturated rings. The van der Waals surface area contributed by atoms with E-state index in [1.54, 1.807) is 29.2 Å². The number of nitrogens with zero attached hydrogens (tertiary/aromatic N) is 4. The van der Waals surface area contributed by atoms with Crippen LogP contribution in [0.1, 0.15) is 24.5 Å². The predicted molar refractivity (Wildman–Crippen MR) is 174 cm³/mol. The minimum atomic E-state index is -0.548. The summed E-state index contributed by atoms with van der Waals surface area (Å²) in [6.07, 6.45) is 0.101. The Labute approximate surface area is 263 Å². The lowest BCUT2D eigenvalue weighted by molar-refractivity contribution is -0.122. The number of aliphatic imine (C=N–C) groups is 1. The molecule has 2 heterocycles. The van der Waals surface area contributed by atoms with E-state index in [0.717, 1.165) is 26.9 Å². The topological polar surface area (TPSA) is 110 Å². The Morgan fingerprint density at radius 3 is 2.67 bits per heavy atom. The molecule has 1 saturated heterocycles. The number of carbonyl (C=O) groups excluding carboxylic acids is 2. The molecule has 3 aromatic rings. The lowest BCUT2D eigenvalue weighted by Gasteiger charge is -2.17. The van der Waals surface area contributed by atoms with E-state index < -0.39 is 6.09 Å². The number of nitriles is 1. The average molecular weight is 633 g/mol. The highest BCUT2D eigenvalue weighted by Gasteiger charge is 2.39. The molecule has 0 bridgehead atoms. The quantitative estimate of drug-likeness (QED) is 0.149. The van der Waals surface area contributed by atoms with Gasteiger partial charge in [-0.05, 0) is 61.0 Å². The summed E-state index contributed by atoms with van der Waals surface area (Å²) in [4.78, 5) is 36.2. The van der Waals surface area contributed by atoms with E-state index in [-0.39, 0.29) is 5.91 Å². The molecule has 0 saturated carbocycles. The van der Waals surface area contributed by atoms with Gasteiger partial charge in [0.15, 0.2) is 5.17 Å². The maximum absolute atomic E-state index is 14.0. The van der Waals surface area contributed by atoms with Gasteiger partial charge in [0.1, 0.15) is 10.7 Å². The number of rotatable bonds is 9. The van der Waals surface area contributed by atoms with Crippen LogP contribution in [0.3, 0.4) is 0 Å². The molecule has 9 nitrogen and oxygen atoms in total. The highest BCUT2D eigenvalue weighted by atomic mass is 35.5. The zero-order chi connectivity index (χ0) is 30.3. The zero-order valence-electron chi connectivity index (χ0n) is 23.6. The number of fused-ring (bicyclic) bond motifs is 1. The summed E-state index contributed by atoms with van der Waals surface area (Å²) in [5.41, 5.74) is 3.64. The van der Waals surface area contributed by atoms with Crippen LogP contribution in [-0.2, 0) is 11.3 Å². The summed E-state index contributed by atoms with van der Waals surface area (Å²) < 4.78 is 5.46. The fraction of sp³-hybridized carbons (Fsp3) is 0.226. The van der Waals surface area contributed by atoms with Crippen molar-refractivity contribution in [2.75, 3.05) is 36.2 Å². The smallest absolute Gasteiger partial charge is 0.410 e. The van der Waals surface area contributed by atoms with E-state index in [1.807, 2.05) is 61.3 Å². The van der Waals surface area contributed by atoms with Crippen molar-refractivity contribution in [3.63, 3.8) is 0 Å². The van der Waals surface area contributed by atoms with Crippen molar-refractivity contribution >= 4 is 69.4 Å². The number of ether oxygens (including phenoxy) is 1. The molecule has 0 spiro atoms. The van der Waals surface area contributed by atoms with Gasteiger partial charge in [-0.1, -0.05) is 42.1 Å². The minimum absolute atomic E-state index is 0.161. The van der Waals surface area contributed by atoms with E-state index in [4.69, 9.17) is 21.3 Å². The number of halogens is 1. The van der Waals surface area contributed by atoms with Crippen molar-refractivity contribution in [3.05, 3.63) is 87.8 Å². The molecule has 5 rings (SSSR count). The normalized spacial score (nSPS) is 16.8. The van der Waals surface area contributed by atoms with E-state index in [0.29, 0.717) is 59.0 Å². The fourth-order valence-electron chi connectivity index (χ4n) is 4.45. The van der Waals surface area contributed by atoms with Crippen molar-refractivity contribution in [1.82, 2.24) is 10.2 Å². The van der Waals surface area contributed by atoms with Crippen LogP contribution in [-0.4, -0.2) is 48.1 Å². The number of benzene rings is 3. The Kier molecular flexibility index (Phi) is 9.82. The maximum Gasteiger partial charge on any atom is 0.412 e. The van der Waals surface area contributed by atoms with Crippen LogP contribution in [0, 0.1) is 11.3 Å². The van der Waals surface area contributed by atoms with Gasteiger partial charge in [0.25, 0.3) is 5.91 Å². The molecule has 220 valence electrons. The first kappa shape index (κ1) is 30.4. The van der Waals surface area contributed by atoms with Gasteiger partial charge in [-0.2, -0.15) is 5.26 Å². The number of anilines is 2. The molecule has 3 aromatic carbocycles. The average Bonchev–Trinajstić information content (AvgIpc) is 3.49. The third-order valence-electron chi connectivity index (χ3n) is 6.54. The van der Waals surface area contributed by atoms with Crippen LogP contribution in [0.25, 0.3) is 0 Å². The Morgan fingerprint density at radius 1 is 1.12 bits per heavy atom. The summed E-state index contributed by atoms with van der Waals surface area (Å²) in [6, 6.07) is 22.6. The van der Waals surface area contributed by atoms with Gasteiger partial charge in [-0.3, -0.25) is 9.69 Å². The summed E-state index contributed by atoms with van der Waals surface area (Å²) in [7, 11) is 1.88. The third-order valence-corrected chi connectivity index (χ3v) is 9.24. The zero-order valence-corrected chi connectivity index (χ0v) is 26.0. The molecule has 0 radical (unpaired) electrons. The number of alkyl halides is 1. The number of amidine groups is 1. The second-order valence-corrected chi connectivity index (χ2v) is 11.9. The molecule has 0 unspecified atom stereocenters. The SMILES string of the molecule is CCNc1ccc(C#N)cc1N=C1SC(=C2Sc3ccc(OC(=O)NCCCCl)cc3N2C)C(=O)N1Cc1ccccc1. The summed E-state index contributed by atoms with van der Waals surface area (Å²) in [6.45, 7) is 3.44. The molecule has 0 aromatic heterocycles. The van der Waals surface area contributed by atoms with Crippen LogP contribution in [0.15, 0.2) is 86.6 Å². The Bertz CT molecular complexity index is 1640. The summed E-state index contributed by atoms with van der Waals surface area (Å²) in [5, 5.41) is 16.8. The molecular weight excluding hydrogens is 604 g/mol. The van der Waals surface area contributed by atoms with Gasteiger partial charge in [0.2, 0.25) is 0 Å². The van der Waals surface area contributed by atoms with Crippen molar-refractivity contribution in [3.8, 4) is 11.8 Å². The summed E-state index contributed by atoms with van der Waals surface area (Å²) in [5.74, 6) is 0.687. The Morgan fingerprint density at radius 2 is 1.93 bits per heavy atom. The molecule has 2 aliphatic rings. The van der Waals surface area contributed by atoms with E-state index in [9.17, 15) is 14.9 Å². The highest BCUT2D eigenvalue weighted by molar-refractivity contribution is 8.19. The maximum atomic E-state index is 14.0. The van der Waals surface area contributed by atoms with Gasteiger partial charge in [-0.25, -0.2) is 9.79 Å². The van der Waals surface area contributed by atoms with Gasteiger partial charge < -0.3 is 20.3 Å². The number of hydrogen-bond donors (Lipinski definition) is 2. The Hall–Kier alpha value is -4.11. The lowest BCUT2D eigenvalue weighted by atomic mass is 10.2. The molecular formula is C31H29ClN6O3S2. The minimum Gasteiger partial charge on any atom is -0.410 e. The van der Waals surface area contributed by atoms with Crippen molar-refractivity contribution in [2.24, 2.45) is 4.99 Å². The van der Waals surface area contributed by atoms with Gasteiger partial charge in [0, 0.05) is 37.0 Å². The van der Waals surface area contributed by atoms with Crippen LogP contribution in [0.4, 0.5) is 21.9 Å². The number of nitrogens with one attached hydrogen (secondary N) is 2. The monoisotopic (exact) mass is 632 g/mol. The van der Waals surface area contributed by atoms with Crippen molar-refractivity contribution in [2.45, 2.75) is 24.8 Å². The summed E-state index contributed by atoms with van der Waals surface area (Å²) >= 11 is 8.46. The lowest BCUT2D eigenvalue weighted by Crippen LogP contribution is -2.29. The number of hydrogen-bond acceptors (Lipinski definition) is 9. The molecule has 0 atom stereocenters. The molecule has 2 aliphatic heterocycles. The standard InChI is InChI=1S/C31H29ClN6O3S2/c1-3-34-23-12-10-21(18-33)16-24(23)36-30-38(19-20-8-5-4-6-9-20)28(39)27(43-30)29-37(2)25-17-22(11-13-26(25)42-29)41-31(40)35-15-7-14-32/h4-6,8-13,16-17,34H,3,7,14-15,19H2,1-2H3,(H,35,40). The van der Waals surface area contributed by atoms with Crippen molar-refractivity contribution in [1.29, 1.82) is 5.26 Å². The van der Waals surface area contributed by atoms with Gasteiger partial charge in [0.05, 0.1) is 40.3 Å². The van der Waals surface area contributed by atoms with Crippen LogP contribution < -0.4 is 20.3 Å². The predicted octanol–water partition coefficient (Wildman–Crippen LogP) is 6.88. The second kappa shape index (κ2) is 13.9. The highest BCUT2D eigenvalue weighted by Crippen LogP contribution is 2.51. The number of amides is 2. The molecule has 12 heteroatoms. The second-order valence-electron chi connectivity index (χ2n) is 9.53. The molecule has 0 aliphatic carbocycles. The number of carbonyl (C=O) groups is 2. The van der Waals surface area contributed by atoms with Gasteiger partial charge in [-0.15, -0.1) is 11.6 Å². The van der Waals surface area contributed by atoms with Crippen molar-refractivity contribution < 1.29 is 14.3 Å². The molecule has 43 heavy (non-hydrogen) atoms. The van der Waals surface area contributed by atoms with Crippen LogP contribution >= 0.6 is 35.1 Å². The van der Waals surface area contributed by atoms with E-state index >= 15 is 0 Å². The number of thioether (sulfide) groups is 2. The first-order valence-electron chi connectivity index (χ1n) is 13.6. The van der Waals surface area contributed by atoms with E-state index in [1.165, 1.54) is 23.5 Å². The largest absolute Gasteiger partial charge is 0.412 e. The Balaban J connectivity index is 1.48. The first-order valence-corrected chi connectivity index (χ1v) is 15.8. The first-order chi connectivity index (χ1) is 20.9. The van der Waals surface area contributed by atoms with E-state index in [2.05, 4.69) is 16.7 Å². The van der Waals surface area contributed by atoms with Gasteiger partial charge >= 0.3 is 6.09 Å². The molecule has 2 N–H and O–H groups in total. The molecule has 2 amide bonds. The fourth-order valence-corrected chi connectivity index (χ4v) is 6.90. The van der Waals surface area contributed by atoms with Crippen LogP contribution in [0.2, 0.25) is 0 Å². The van der Waals surface area contributed by atoms with Crippen LogP contribution in [0.5, 0.6) is 5.75 Å².